The van der Waals surface area contributed by atoms with E-state index in [1.165, 1.54) is 12.1 Å². The number of nitrogens with one attached hydrogen (secondary N) is 2. The van der Waals surface area contributed by atoms with E-state index in [9.17, 15) is 22.8 Å². The number of alkyl carbamates (subject to hydrolysis) is 1. The Morgan fingerprint density at radius 1 is 1.07 bits per heavy atom. The SMILES string of the molecule is Cc1nc(-c2ccc(C(F)(F)F)cc2)sc1C(=O)NCCCNC(=O)OC(C)(C)C. The Labute approximate surface area is 176 Å². The highest BCUT2D eigenvalue weighted by Crippen LogP contribution is 2.32. The number of benzene rings is 1. The molecule has 2 aromatic rings. The third-order valence-corrected chi connectivity index (χ3v) is 4.97. The summed E-state index contributed by atoms with van der Waals surface area (Å²) in [7, 11) is 0. The lowest BCUT2D eigenvalue weighted by Gasteiger charge is -2.19. The monoisotopic (exact) mass is 443 g/mol. The molecule has 2 N–H and O–H groups in total. The Hall–Kier alpha value is -2.62. The van der Waals surface area contributed by atoms with Gasteiger partial charge in [0, 0.05) is 18.7 Å². The highest BCUT2D eigenvalue weighted by molar-refractivity contribution is 7.17. The molecule has 0 spiro atoms. The van der Waals surface area contributed by atoms with E-state index in [2.05, 4.69) is 15.6 Å². The fourth-order valence-electron chi connectivity index (χ4n) is 2.41. The van der Waals surface area contributed by atoms with Crippen molar-refractivity contribution in [2.75, 3.05) is 13.1 Å². The third kappa shape index (κ3) is 7.01. The van der Waals surface area contributed by atoms with E-state index in [4.69, 9.17) is 4.74 Å². The van der Waals surface area contributed by atoms with Gasteiger partial charge in [0.15, 0.2) is 0 Å². The van der Waals surface area contributed by atoms with Crippen LogP contribution in [0.25, 0.3) is 10.6 Å². The molecule has 0 fully saturated rings. The maximum Gasteiger partial charge on any atom is 0.416 e. The number of ether oxygens (including phenoxy) is 1. The number of hydrogen-bond donors (Lipinski definition) is 2. The molecule has 1 aromatic carbocycles. The highest BCUT2D eigenvalue weighted by atomic mass is 32.1. The van der Waals surface area contributed by atoms with Gasteiger partial charge in [-0.15, -0.1) is 11.3 Å². The second kappa shape index (κ2) is 9.46. The lowest BCUT2D eigenvalue weighted by molar-refractivity contribution is -0.137. The fraction of sp³-hybridized carbons (Fsp3) is 0.450. The summed E-state index contributed by atoms with van der Waals surface area (Å²) >= 11 is 1.11. The number of carbonyl (C=O) groups is 2. The predicted octanol–water partition coefficient (Wildman–Crippen LogP) is 4.78. The standard InChI is InChI=1S/C20H24F3N3O3S/c1-12-15(16(27)24-10-5-11-25-18(28)29-19(2,3)4)30-17(26-12)13-6-8-14(9-7-13)20(21,22)23/h6-9H,5,10-11H2,1-4H3,(H,24,27)(H,25,28). The molecule has 2 rings (SSSR count). The van der Waals surface area contributed by atoms with Crippen molar-refractivity contribution in [2.24, 2.45) is 0 Å². The minimum atomic E-state index is -4.40. The summed E-state index contributed by atoms with van der Waals surface area (Å²) < 4.78 is 43.2. The molecule has 0 bridgehead atoms. The molecule has 0 aliphatic carbocycles. The van der Waals surface area contributed by atoms with Crippen LogP contribution in [-0.2, 0) is 10.9 Å². The van der Waals surface area contributed by atoms with Gasteiger partial charge in [0.2, 0.25) is 0 Å². The van der Waals surface area contributed by atoms with Crippen LogP contribution in [0.2, 0.25) is 0 Å². The molecular formula is C20H24F3N3O3S. The minimum Gasteiger partial charge on any atom is -0.444 e. The van der Waals surface area contributed by atoms with Crippen LogP contribution < -0.4 is 10.6 Å². The first-order valence-electron chi connectivity index (χ1n) is 9.27. The van der Waals surface area contributed by atoms with E-state index < -0.39 is 23.4 Å². The van der Waals surface area contributed by atoms with Crippen molar-refractivity contribution < 1.29 is 27.5 Å². The van der Waals surface area contributed by atoms with Crippen LogP contribution in [0, 0.1) is 6.92 Å². The maximum atomic E-state index is 12.7. The molecule has 0 saturated carbocycles. The first kappa shape index (κ1) is 23.7. The number of aryl methyl sites for hydroxylation is 1. The van der Waals surface area contributed by atoms with Crippen LogP contribution in [0.5, 0.6) is 0 Å². The number of carbonyl (C=O) groups excluding carboxylic acids is 2. The molecule has 2 amide bonds. The van der Waals surface area contributed by atoms with Gasteiger partial charge >= 0.3 is 12.3 Å². The average molecular weight is 443 g/mol. The van der Waals surface area contributed by atoms with Gasteiger partial charge in [-0.2, -0.15) is 13.2 Å². The summed E-state index contributed by atoms with van der Waals surface area (Å²) in [6.45, 7) is 7.65. The number of hydrogen-bond acceptors (Lipinski definition) is 5. The summed E-state index contributed by atoms with van der Waals surface area (Å²) in [6.07, 6.45) is -4.41. The number of amides is 2. The Bertz CT molecular complexity index is 887. The van der Waals surface area contributed by atoms with E-state index in [-0.39, 0.29) is 5.91 Å². The Balaban J connectivity index is 1.87. The van der Waals surface area contributed by atoms with Crippen molar-refractivity contribution in [3.63, 3.8) is 0 Å². The lowest BCUT2D eigenvalue weighted by atomic mass is 10.1. The van der Waals surface area contributed by atoms with Gasteiger partial charge < -0.3 is 15.4 Å². The normalized spacial score (nSPS) is 11.8. The molecule has 1 heterocycles. The Kier molecular flexibility index (Phi) is 7.46. The number of rotatable bonds is 6. The zero-order valence-corrected chi connectivity index (χ0v) is 18.0. The smallest absolute Gasteiger partial charge is 0.416 e. The molecule has 10 heteroatoms. The lowest BCUT2D eigenvalue weighted by Crippen LogP contribution is -2.34. The first-order valence-corrected chi connectivity index (χ1v) is 10.1. The molecule has 0 unspecified atom stereocenters. The van der Waals surface area contributed by atoms with Crippen molar-refractivity contribution in [3.8, 4) is 10.6 Å². The van der Waals surface area contributed by atoms with Crippen molar-refractivity contribution in [3.05, 3.63) is 40.4 Å². The second-order valence-electron chi connectivity index (χ2n) is 7.55. The van der Waals surface area contributed by atoms with Gasteiger partial charge in [0.25, 0.3) is 5.91 Å². The number of nitrogens with zero attached hydrogens (tertiary/aromatic N) is 1. The largest absolute Gasteiger partial charge is 0.444 e. The van der Waals surface area contributed by atoms with Crippen molar-refractivity contribution >= 4 is 23.3 Å². The van der Waals surface area contributed by atoms with Crippen LogP contribution in [0.3, 0.4) is 0 Å². The Morgan fingerprint density at radius 2 is 1.67 bits per heavy atom. The number of alkyl halides is 3. The maximum absolute atomic E-state index is 12.7. The first-order chi connectivity index (χ1) is 13.9. The van der Waals surface area contributed by atoms with E-state index in [1.54, 1.807) is 27.7 Å². The molecule has 30 heavy (non-hydrogen) atoms. The summed E-state index contributed by atoms with van der Waals surface area (Å²) in [4.78, 5) is 28.6. The summed E-state index contributed by atoms with van der Waals surface area (Å²) in [6, 6.07) is 4.66. The predicted molar refractivity (Wildman–Crippen MR) is 108 cm³/mol. The summed E-state index contributed by atoms with van der Waals surface area (Å²) in [5, 5.41) is 5.82. The molecule has 164 valence electrons. The van der Waals surface area contributed by atoms with E-state index in [0.29, 0.717) is 40.7 Å². The van der Waals surface area contributed by atoms with E-state index >= 15 is 0 Å². The van der Waals surface area contributed by atoms with Crippen LogP contribution in [0.15, 0.2) is 24.3 Å². The van der Waals surface area contributed by atoms with Crippen molar-refractivity contribution in [1.82, 2.24) is 15.6 Å². The van der Waals surface area contributed by atoms with Crippen LogP contribution in [0.4, 0.5) is 18.0 Å². The van der Waals surface area contributed by atoms with Gasteiger partial charge in [-0.05, 0) is 46.2 Å². The zero-order chi connectivity index (χ0) is 22.5. The van der Waals surface area contributed by atoms with E-state index in [1.807, 2.05) is 0 Å². The zero-order valence-electron chi connectivity index (χ0n) is 17.1. The third-order valence-electron chi connectivity index (χ3n) is 3.77. The molecular weight excluding hydrogens is 419 g/mol. The molecule has 0 atom stereocenters. The van der Waals surface area contributed by atoms with Crippen molar-refractivity contribution in [1.29, 1.82) is 0 Å². The summed E-state index contributed by atoms with van der Waals surface area (Å²) in [5.74, 6) is -0.319. The van der Waals surface area contributed by atoms with Gasteiger partial charge in [0.05, 0.1) is 11.3 Å². The quantitative estimate of drug-likeness (QED) is 0.630. The molecule has 1 aromatic heterocycles. The van der Waals surface area contributed by atoms with Crippen LogP contribution >= 0.6 is 11.3 Å². The van der Waals surface area contributed by atoms with Gasteiger partial charge in [0.1, 0.15) is 15.5 Å². The summed E-state index contributed by atoms with van der Waals surface area (Å²) in [5.41, 5.74) is -0.305. The fourth-order valence-corrected chi connectivity index (χ4v) is 3.40. The van der Waals surface area contributed by atoms with Crippen LogP contribution in [-0.4, -0.2) is 35.7 Å². The van der Waals surface area contributed by atoms with Gasteiger partial charge in [-0.3, -0.25) is 4.79 Å². The minimum absolute atomic E-state index is 0.319. The molecule has 0 saturated heterocycles. The van der Waals surface area contributed by atoms with Gasteiger partial charge in [-0.25, -0.2) is 9.78 Å². The van der Waals surface area contributed by atoms with Crippen molar-refractivity contribution in [2.45, 2.75) is 45.9 Å². The number of aromatic nitrogens is 1. The Morgan fingerprint density at radius 3 is 2.23 bits per heavy atom. The van der Waals surface area contributed by atoms with Crippen LogP contribution in [0.1, 0.15) is 48.1 Å². The second-order valence-corrected chi connectivity index (χ2v) is 8.55. The number of thiazole rings is 1. The number of halogens is 3. The molecule has 6 nitrogen and oxygen atoms in total. The topological polar surface area (TPSA) is 80.3 Å². The molecule has 0 aliphatic rings. The van der Waals surface area contributed by atoms with Gasteiger partial charge in [-0.1, -0.05) is 12.1 Å². The average Bonchev–Trinajstić information content (AvgIpc) is 3.01. The van der Waals surface area contributed by atoms with E-state index in [0.717, 1.165) is 23.5 Å². The highest BCUT2D eigenvalue weighted by Gasteiger charge is 2.30. The molecule has 0 aliphatic heterocycles. The molecule has 0 radical (unpaired) electrons.